The zero-order valence-electron chi connectivity index (χ0n) is 6.17. The molecule has 66 valence electrons. The number of aromatic nitrogens is 4. The Labute approximate surface area is 80.9 Å². The lowest BCUT2D eigenvalue weighted by Crippen LogP contribution is -2.08. The number of hydrogen-bond acceptors (Lipinski definition) is 7. The molecule has 2 rings (SSSR count). The predicted octanol–water partition coefficient (Wildman–Crippen LogP) is 0.642. The molecule has 0 atom stereocenters. The molecule has 0 aliphatic heterocycles. The third-order valence-electron chi connectivity index (χ3n) is 1.18. The molecule has 1 N–H and O–H groups in total. The monoisotopic (exact) mass is 213 g/mol. The maximum absolute atomic E-state index is 11.3. The van der Waals surface area contributed by atoms with Crippen LogP contribution in [0.15, 0.2) is 12.4 Å². The number of rotatable bonds is 2. The first-order valence-electron chi connectivity index (χ1n) is 3.22. The van der Waals surface area contributed by atoms with Crippen molar-refractivity contribution in [2.75, 3.05) is 5.32 Å². The summed E-state index contributed by atoms with van der Waals surface area (Å²) in [4.78, 5) is 11.8. The van der Waals surface area contributed by atoms with Gasteiger partial charge >= 0.3 is 0 Å². The Kier molecular flexibility index (Phi) is 2.23. The molecule has 0 aliphatic rings. The van der Waals surface area contributed by atoms with Crippen LogP contribution in [0.1, 0.15) is 9.67 Å². The number of nitrogens with zero attached hydrogens (tertiary/aromatic N) is 4. The van der Waals surface area contributed by atoms with Crippen LogP contribution in [0.5, 0.6) is 0 Å². The lowest BCUT2D eigenvalue weighted by Gasteiger charge is -1.94. The molecule has 2 heterocycles. The van der Waals surface area contributed by atoms with E-state index in [0.29, 0.717) is 9.88 Å². The zero-order chi connectivity index (χ0) is 9.10. The highest BCUT2D eigenvalue weighted by molar-refractivity contribution is 7.10. The number of anilines is 1. The summed E-state index contributed by atoms with van der Waals surface area (Å²) in [6, 6.07) is 0. The summed E-state index contributed by atoms with van der Waals surface area (Å²) < 4.78 is 7.18. The van der Waals surface area contributed by atoms with Crippen molar-refractivity contribution in [1.29, 1.82) is 0 Å². The van der Waals surface area contributed by atoms with Crippen LogP contribution in [0, 0.1) is 0 Å². The van der Waals surface area contributed by atoms with Crippen LogP contribution < -0.4 is 5.32 Å². The average Bonchev–Trinajstić information content (AvgIpc) is 2.74. The fraction of sp³-hybridized carbons (Fsp3) is 0. The smallest absolute Gasteiger partial charge is 0.269 e. The van der Waals surface area contributed by atoms with Crippen molar-refractivity contribution in [2.45, 2.75) is 0 Å². The first kappa shape index (κ1) is 8.20. The van der Waals surface area contributed by atoms with Gasteiger partial charge in [-0.25, -0.2) is 0 Å². The Bertz CT molecular complexity index is 383. The fourth-order valence-electron chi connectivity index (χ4n) is 0.663. The minimum atomic E-state index is -0.235. The van der Waals surface area contributed by atoms with Crippen molar-refractivity contribution in [3.63, 3.8) is 0 Å². The van der Waals surface area contributed by atoms with Crippen LogP contribution in [-0.2, 0) is 0 Å². The summed E-state index contributed by atoms with van der Waals surface area (Å²) in [5, 5.41) is 10.4. The summed E-state index contributed by atoms with van der Waals surface area (Å²) in [7, 11) is 0. The predicted molar refractivity (Wildman–Crippen MR) is 47.8 cm³/mol. The number of carbonyl (C=O) groups is 1. The molecule has 0 radical (unpaired) electrons. The largest absolute Gasteiger partial charge is 0.310 e. The highest BCUT2D eigenvalue weighted by Crippen LogP contribution is 2.12. The van der Waals surface area contributed by atoms with Gasteiger partial charge in [0.25, 0.3) is 5.91 Å². The van der Waals surface area contributed by atoms with E-state index in [9.17, 15) is 4.79 Å². The summed E-state index contributed by atoms with van der Waals surface area (Å²) in [5.41, 5.74) is 0. The molecule has 6 nitrogen and oxygen atoms in total. The van der Waals surface area contributed by atoms with E-state index in [2.05, 4.69) is 24.5 Å². The number of amides is 1. The van der Waals surface area contributed by atoms with Crippen molar-refractivity contribution in [3.8, 4) is 0 Å². The SMILES string of the molecule is O=C(Nc1cnns1)c1cnns1. The van der Waals surface area contributed by atoms with Gasteiger partial charge in [-0.2, -0.15) is 0 Å². The second kappa shape index (κ2) is 3.54. The van der Waals surface area contributed by atoms with Crippen LogP contribution in [0.4, 0.5) is 5.00 Å². The average molecular weight is 213 g/mol. The van der Waals surface area contributed by atoms with E-state index in [1.807, 2.05) is 0 Å². The minimum absolute atomic E-state index is 0.235. The maximum Gasteiger partial charge on any atom is 0.269 e. The van der Waals surface area contributed by atoms with Crippen LogP contribution in [0.3, 0.4) is 0 Å². The van der Waals surface area contributed by atoms with Gasteiger partial charge in [0, 0.05) is 11.5 Å². The normalized spacial score (nSPS) is 9.85. The molecular weight excluding hydrogens is 210 g/mol. The molecule has 2 aromatic heterocycles. The van der Waals surface area contributed by atoms with E-state index in [4.69, 9.17) is 0 Å². The third-order valence-corrected chi connectivity index (χ3v) is 2.43. The van der Waals surface area contributed by atoms with E-state index >= 15 is 0 Å². The van der Waals surface area contributed by atoms with Gasteiger partial charge in [0.05, 0.1) is 12.4 Å². The molecule has 0 unspecified atom stereocenters. The molecule has 0 aliphatic carbocycles. The highest BCUT2D eigenvalue weighted by Gasteiger charge is 2.09. The van der Waals surface area contributed by atoms with Crippen molar-refractivity contribution >= 4 is 34.0 Å². The maximum atomic E-state index is 11.3. The number of nitrogens with one attached hydrogen (secondary N) is 1. The van der Waals surface area contributed by atoms with E-state index in [0.717, 1.165) is 23.1 Å². The van der Waals surface area contributed by atoms with Crippen LogP contribution in [-0.4, -0.2) is 25.1 Å². The lowest BCUT2D eigenvalue weighted by molar-refractivity contribution is 0.103. The van der Waals surface area contributed by atoms with Gasteiger partial charge in [0.15, 0.2) is 0 Å². The Morgan fingerprint density at radius 2 is 2.00 bits per heavy atom. The van der Waals surface area contributed by atoms with Crippen molar-refractivity contribution in [3.05, 3.63) is 17.3 Å². The fourth-order valence-corrected chi connectivity index (χ4v) is 1.49. The van der Waals surface area contributed by atoms with Gasteiger partial charge in [-0.15, -0.1) is 10.2 Å². The van der Waals surface area contributed by atoms with E-state index in [1.165, 1.54) is 12.4 Å². The van der Waals surface area contributed by atoms with Gasteiger partial charge in [-0.1, -0.05) is 8.98 Å². The molecule has 0 fully saturated rings. The Morgan fingerprint density at radius 3 is 2.62 bits per heavy atom. The quantitative estimate of drug-likeness (QED) is 0.791. The molecular formula is C5H3N5OS2. The first-order chi connectivity index (χ1) is 6.36. The van der Waals surface area contributed by atoms with Gasteiger partial charge in [0.2, 0.25) is 0 Å². The molecule has 13 heavy (non-hydrogen) atoms. The zero-order valence-corrected chi connectivity index (χ0v) is 7.80. The van der Waals surface area contributed by atoms with E-state index in [-0.39, 0.29) is 5.91 Å². The number of hydrogen-bond donors (Lipinski definition) is 1. The summed E-state index contributed by atoms with van der Waals surface area (Å²) in [6.07, 6.45) is 2.89. The molecule has 0 aromatic carbocycles. The Hall–Kier alpha value is -1.41. The van der Waals surface area contributed by atoms with E-state index < -0.39 is 0 Å². The minimum Gasteiger partial charge on any atom is -0.310 e. The molecule has 8 heteroatoms. The van der Waals surface area contributed by atoms with Crippen LogP contribution >= 0.6 is 23.1 Å². The van der Waals surface area contributed by atoms with Gasteiger partial charge < -0.3 is 5.32 Å². The second-order valence-corrected chi connectivity index (χ2v) is 3.59. The lowest BCUT2D eigenvalue weighted by atomic mass is 10.5. The molecule has 1 amide bonds. The molecule has 0 spiro atoms. The summed E-state index contributed by atoms with van der Waals surface area (Å²) >= 11 is 2.16. The molecule has 0 saturated carbocycles. The van der Waals surface area contributed by atoms with Gasteiger partial charge in [-0.3, -0.25) is 4.79 Å². The van der Waals surface area contributed by atoms with Gasteiger partial charge in [-0.05, 0) is 11.5 Å². The molecule has 0 saturated heterocycles. The third kappa shape index (κ3) is 1.84. The summed E-state index contributed by atoms with van der Waals surface area (Å²) in [6.45, 7) is 0. The summed E-state index contributed by atoms with van der Waals surface area (Å²) in [5.74, 6) is -0.235. The first-order valence-corrected chi connectivity index (χ1v) is 4.77. The van der Waals surface area contributed by atoms with Crippen molar-refractivity contribution in [1.82, 2.24) is 19.2 Å². The van der Waals surface area contributed by atoms with Crippen LogP contribution in [0.25, 0.3) is 0 Å². The Morgan fingerprint density at radius 1 is 1.23 bits per heavy atom. The highest BCUT2D eigenvalue weighted by atomic mass is 32.1. The molecule has 2 aromatic rings. The van der Waals surface area contributed by atoms with Crippen molar-refractivity contribution < 1.29 is 4.79 Å². The van der Waals surface area contributed by atoms with Crippen molar-refractivity contribution in [2.24, 2.45) is 0 Å². The molecule has 0 bridgehead atoms. The van der Waals surface area contributed by atoms with E-state index in [1.54, 1.807) is 0 Å². The van der Waals surface area contributed by atoms with Gasteiger partial charge in [0.1, 0.15) is 9.88 Å². The number of carbonyl (C=O) groups excluding carboxylic acids is 1. The van der Waals surface area contributed by atoms with Crippen LogP contribution in [0.2, 0.25) is 0 Å². The second-order valence-electron chi connectivity index (χ2n) is 2.02. The topological polar surface area (TPSA) is 80.7 Å². The Balaban J connectivity index is 2.08. The standard InChI is InChI=1S/C5H3N5OS2/c11-5(3-1-6-9-12-3)8-4-2-7-10-13-4/h1-2H,(H,8,11).